The zero-order valence-electron chi connectivity index (χ0n) is 12.4. The molecule has 0 spiro atoms. The monoisotopic (exact) mass is 442 g/mol. The van der Waals surface area contributed by atoms with Gasteiger partial charge in [-0.05, 0) is 11.6 Å². The first-order valence-electron chi connectivity index (χ1n) is 6.17. The lowest BCUT2D eigenvalue weighted by Crippen LogP contribution is -2.28. The van der Waals surface area contributed by atoms with Gasteiger partial charge in [0, 0.05) is 0 Å². The summed E-state index contributed by atoms with van der Waals surface area (Å²) in [6.07, 6.45) is -1.66. The second kappa shape index (κ2) is 8.86. The molecule has 1 fully saturated rings. The van der Waals surface area contributed by atoms with E-state index < -0.39 is 52.7 Å². The molecular weight excluding hydrogens is 428 g/mol. The molecule has 0 aromatic rings. The minimum atomic E-state index is -5.59. The number of phosphoric ester groups is 1. The number of hydrogen-bond acceptors (Lipinski definition) is 10. The van der Waals surface area contributed by atoms with Crippen molar-refractivity contribution in [1.29, 1.82) is 0 Å². The number of phosphoric acid groups is 3. The first-order valence-corrected chi connectivity index (χ1v) is 11.6. The SMILES string of the molecule is [B]C1CC(OC(=O)OC)C(COP(=O)(O)OP(=O)(O)OP(=O)(O)O)S1. The average Bonchev–Trinajstić information content (AvgIpc) is 2.72. The van der Waals surface area contributed by atoms with Crippen molar-refractivity contribution < 1.29 is 60.7 Å². The first kappa shape index (κ1) is 23.1. The molecule has 0 aromatic carbocycles. The highest BCUT2D eigenvalue weighted by Gasteiger charge is 2.42. The van der Waals surface area contributed by atoms with Gasteiger partial charge >= 0.3 is 29.6 Å². The predicted octanol–water partition coefficient (Wildman–Crippen LogP) is 0.481. The van der Waals surface area contributed by atoms with Crippen LogP contribution in [0.1, 0.15) is 6.42 Å². The maximum absolute atomic E-state index is 11.6. The molecule has 0 aromatic heterocycles. The molecule has 2 radical (unpaired) electrons. The highest BCUT2D eigenvalue weighted by molar-refractivity contribution is 8.01. The Labute approximate surface area is 147 Å². The molecule has 1 rings (SSSR count). The Morgan fingerprint density at radius 2 is 1.76 bits per heavy atom. The second-order valence-corrected chi connectivity index (χ2v) is 10.3. The quantitative estimate of drug-likeness (QED) is 0.230. The number of rotatable bonds is 8. The van der Waals surface area contributed by atoms with E-state index in [1.165, 1.54) is 0 Å². The first-order chi connectivity index (χ1) is 11.2. The lowest BCUT2D eigenvalue weighted by molar-refractivity contribution is 0.0317. The number of ether oxygens (including phenoxy) is 2. The predicted molar refractivity (Wildman–Crippen MR) is 82.6 cm³/mol. The normalized spacial score (nSPS) is 28.8. The van der Waals surface area contributed by atoms with Crippen LogP contribution >= 0.6 is 35.2 Å². The molecule has 18 heteroatoms. The van der Waals surface area contributed by atoms with E-state index in [-0.39, 0.29) is 6.42 Å². The van der Waals surface area contributed by atoms with E-state index in [0.29, 0.717) is 0 Å². The fourth-order valence-corrected chi connectivity index (χ4v) is 6.04. The van der Waals surface area contributed by atoms with Gasteiger partial charge in [-0.15, -0.1) is 0 Å². The Balaban J connectivity index is 2.64. The number of carbonyl (C=O) groups excluding carboxylic acids is 1. The number of thioether (sulfide) groups is 1. The highest BCUT2D eigenvalue weighted by Crippen LogP contribution is 2.66. The van der Waals surface area contributed by atoms with Gasteiger partial charge in [0.2, 0.25) is 0 Å². The number of hydrogen-bond donors (Lipinski definition) is 4. The van der Waals surface area contributed by atoms with Gasteiger partial charge in [-0.25, -0.2) is 18.5 Å². The molecule has 1 saturated heterocycles. The Bertz CT molecular complexity index is 623. The van der Waals surface area contributed by atoms with E-state index >= 15 is 0 Å². The van der Waals surface area contributed by atoms with Gasteiger partial charge in [-0.3, -0.25) is 4.52 Å². The Hall–Kier alpha value is 0.0949. The van der Waals surface area contributed by atoms with Gasteiger partial charge in [0.25, 0.3) is 0 Å². The van der Waals surface area contributed by atoms with Crippen molar-refractivity contribution in [3.63, 3.8) is 0 Å². The molecule has 25 heavy (non-hydrogen) atoms. The van der Waals surface area contributed by atoms with Gasteiger partial charge < -0.3 is 29.0 Å². The van der Waals surface area contributed by atoms with Crippen LogP contribution in [0.4, 0.5) is 4.79 Å². The van der Waals surface area contributed by atoms with E-state index in [2.05, 4.69) is 17.9 Å². The molecule has 0 amide bonds. The molecule has 4 N–H and O–H groups in total. The summed E-state index contributed by atoms with van der Waals surface area (Å²) in [5.41, 5.74) is 0. The van der Waals surface area contributed by atoms with Crippen LogP contribution in [0.15, 0.2) is 0 Å². The van der Waals surface area contributed by atoms with Gasteiger partial charge in [-0.2, -0.15) is 20.4 Å². The largest absolute Gasteiger partial charge is 0.508 e. The molecule has 0 bridgehead atoms. The van der Waals surface area contributed by atoms with Crippen LogP contribution in [-0.2, 0) is 36.3 Å². The smallest absolute Gasteiger partial charge is 0.438 e. The molecule has 144 valence electrons. The summed E-state index contributed by atoms with van der Waals surface area (Å²) in [6.45, 7) is -0.607. The molecule has 13 nitrogen and oxygen atoms in total. The van der Waals surface area contributed by atoms with Gasteiger partial charge in [0.05, 0.1) is 26.8 Å². The average molecular weight is 442 g/mol. The van der Waals surface area contributed by atoms with Crippen molar-refractivity contribution in [3.8, 4) is 0 Å². The summed E-state index contributed by atoms with van der Waals surface area (Å²) in [6, 6.07) is 0. The van der Waals surface area contributed by atoms with E-state index in [1.807, 2.05) is 0 Å². The Morgan fingerprint density at radius 1 is 1.16 bits per heavy atom. The van der Waals surface area contributed by atoms with E-state index in [0.717, 1.165) is 18.9 Å². The summed E-state index contributed by atoms with van der Waals surface area (Å²) in [5.74, 6) is 0. The lowest BCUT2D eigenvalue weighted by Gasteiger charge is -2.20. The van der Waals surface area contributed by atoms with Crippen LogP contribution in [-0.4, -0.2) is 63.8 Å². The zero-order chi connectivity index (χ0) is 19.5. The minimum Gasteiger partial charge on any atom is -0.438 e. The molecule has 0 aliphatic carbocycles. The molecule has 0 saturated carbocycles. The van der Waals surface area contributed by atoms with Crippen molar-refractivity contribution in [2.75, 3.05) is 13.7 Å². The number of carbonyl (C=O) groups is 1. The maximum atomic E-state index is 11.6. The molecule has 5 atom stereocenters. The van der Waals surface area contributed by atoms with Crippen LogP contribution in [0, 0.1) is 0 Å². The Kier molecular flexibility index (Phi) is 8.20. The number of methoxy groups -OCH3 is 1. The third-order valence-electron chi connectivity index (χ3n) is 2.46. The third-order valence-corrected chi connectivity index (χ3v) is 7.59. The zero-order valence-corrected chi connectivity index (χ0v) is 15.9. The summed E-state index contributed by atoms with van der Waals surface area (Å²) < 4.78 is 54.1. The second-order valence-electron chi connectivity index (χ2n) is 4.45. The van der Waals surface area contributed by atoms with Crippen molar-refractivity contribution in [3.05, 3.63) is 0 Å². The summed E-state index contributed by atoms with van der Waals surface area (Å²) >= 11 is 1.04. The van der Waals surface area contributed by atoms with Crippen LogP contribution in [0.25, 0.3) is 0 Å². The fraction of sp³-hybridized carbons (Fsp3) is 0.857. The van der Waals surface area contributed by atoms with Crippen molar-refractivity contribution in [2.24, 2.45) is 0 Å². The van der Waals surface area contributed by atoms with Crippen molar-refractivity contribution in [1.82, 2.24) is 0 Å². The van der Waals surface area contributed by atoms with Crippen molar-refractivity contribution >= 4 is 49.2 Å². The molecule has 1 aliphatic rings. The standard InChI is InChI=1S/C7H14BO13P3S/c1-17-7(9)19-4-2-6(8)25-5(4)3-18-23(13,14)21-24(15,16)20-22(10,11)12/h4-6H,2-3H2,1H3,(H,13,14)(H,15,16)(H2,10,11,12). The highest BCUT2D eigenvalue weighted by atomic mass is 32.2. The summed E-state index contributed by atoms with van der Waals surface area (Å²) in [7, 11) is -9.57. The topological polar surface area (TPSA) is 195 Å². The fourth-order valence-electron chi connectivity index (χ4n) is 1.66. The van der Waals surface area contributed by atoms with Gasteiger partial charge in [0.1, 0.15) is 6.10 Å². The van der Waals surface area contributed by atoms with Gasteiger partial charge in [-0.1, -0.05) is 0 Å². The van der Waals surface area contributed by atoms with Crippen molar-refractivity contribution in [2.45, 2.75) is 22.9 Å². The third kappa shape index (κ3) is 9.03. The van der Waals surface area contributed by atoms with E-state index in [9.17, 15) is 23.4 Å². The van der Waals surface area contributed by atoms with Crippen LogP contribution < -0.4 is 0 Å². The maximum Gasteiger partial charge on any atom is 0.508 e. The van der Waals surface area contributed by atoms with Gasteiger partial charge in [0.15, 0.2) is 0 Å². The van der Waals surface area contributed by atoms with Crippen LogP contribution in [0.2, 0.25) is 0 Å². The summed E-state index contributed by atoms with van der Waals surface area (Å²) in [5, 5.41) is -1.22. The molecular formula is C7H14BO13P3S. The lowest BCUT2D eigenvalue weighted by atomic mass is 9.97. The molecule has 1 aliphatic heterocycles. The van der Waals surface area contributed by atoms with E-state index in [1.54, 1.807) is 0 Å². The van der Waals surface area contributed by atoms with Crippen LogP contribution in [0.3, 0.4) is 0 Å². The molecule has 5 unspecified atom stereocenters. The Morgan fingerprint density at radius 3 is 2.28 bits per heavy atom. The van der Waals surface area contributed by atoms with E-state index in [4.69, 9.17) is 27.3 Å². The van der Waals surface area contributed by atoms with Crippen LogP contribution in [0.5, 0.6) is 0 Å². The molecule has 1 heterocycles. The summed E-state index contributed by atoms with van der Waals surface area (Å²) in [4.78, 5) is 46.3. The minimum absolute atomic E-state index is 0.185.